The van der Waals surface area contributed by atoms with Gasteiger partial charge in [-0.15, -0.1) is 11.3 Å². The summed E-state index contributed by atoms with van der Waals surface area (Å²) in [6, 6.07) is 13.8. The molecule has 4 nitrogen and oxygen atoms in total. The fraction of sp³-hybridized carbons (Fsp3) is 0.269. The lowest BCUT2D eigenvalue weighted by Gasteiger charge is -2.14. The molecule has 0 saturated heterocycles. The predicted molar refractivity (Wildman–Crippen MR) is 130 cm³/mol. The van der Waals surface area contributed by atoms with Gasteiger partial charge in [-0.25, -0.2) is 4.39 Å². The number of carboxylic acid groups (broad SMARTS) is 1. The summed E-state index contributed by atoms with van der Waals surface area (Å²) >= 11 is 7.70. The highest BCUT2D eigenvalue weighted by Crippen LogP contribution is 2.46. The quantitative estimate of drug-likeness (QED) is 0.431. The third-order valence-electron chi connectivity index (χ3n) is 5.14. The number of aliphatic hydroxyl groups is 2. The van der Waals surface area contributed by atoms with Crippen LogP contribution in [0.3, 0.4) is 0 Å². The summed E-state index contributed by atoms with van der Waals surface area (Å²) in [6.07, 6.45) is 0.428. The third-order valence-corrected chi connectivity index (χ3v) is 6.95. The van der Waals surface area contributed by atoms with Gasteiger partial charge in [-0.05, 0) is 46.9 Å². The molecule has 3 rings (SSSR count). The molecule has 0 fully saturated rings. The Kier molecular flexibility index (Phi) is 8.43. The number of carbonyl (C=O) groups excluding carboxylic acids is 1. The predicted octanol–water partition coefficient (Wildman–Crippen LogP) is 5.26. The van der Waals surface area contributed by atoms with E-state index in [9.17, 15) is 24.5 Å². The van der Waals surface area contributed by atoms with Gasteiger partial charge in [-0.1, -0.05) is 61.9 Å². The monoisotopic (exact) mass is 487 g/mol. The minimum absolute atomic E-state index is 0.123. The molecule has 33 heavy (non-hydrogen) atoms. The summed E-state index contributed by atoms with van der Waals surface area (Å²) in [5.41, 5.74) is 3.59. The van der Waals surface area contributed by atoms with Crippen LogP contribution in [0.5, 0.6) is 0 Å². The maximum atomic E-state index is 13.6. The highest BCUT2D eigenvalue weighted by molar-refractivity contribution is 7.16. The molecule has 0 unspecified atom stereocenters. The Morgan fingerprint density at radius 3 is 2.27 bits per heavy atom. The molecule has 1 heterocycles. The van der Waals surface area contributed by atoms with Crippen molar-refractivity contribution in [2.75, 3.05) is 0 Å². The molecule has 0 aliphatic rings. The van der Waals surface area contributed by atoms with Gasteiger partial charge in [0.1, 0.15) is 5.82 Å². The van der Waals surface area contributed by atoms with E-state index in [0.29, 0.717) is 5.02 Å². The van der Waals surface area contributed by atoms with Gasteiger partial charge in [-0.2, -0.15) is 0 Å². The standard InChI is InChI=1S/C26H26ClFO4S/c1-15(2)25-22(12-11-20(29)13-21(30)14-23(31)32)24(16-5-9-19(28)10-6-16)26(33-25)17-3-7-18(27)8-4-17/h3-12,15,20-21,29-30H,13-14H2,1-2H3,(H,31,32)/p-1/b12-11+/t20-,21-/m1/s1. The number of thiophene rings is 1. The van der Waals surface area contributed by atoms with Crippen molar-refractivity contribution in [2.45, 2.75) is 44.8 Å². The molecular weight excluding hydrogens is 463 g/mol. The third kappa shape index (κ3) is 6.51. The fourth-order valence-electron chi connectivity index (χ4n) is 3.60. The van der Waals surface area contributed by atoms with Crippen molar-refractivity contribution in [3.8, 4) is 21.6 Å². The molecule has 0 bridgehead atoms. The first kappa shape index (κ1) is 25.1. The zero-order valence-corrected chi connectivity index (χ0v) is 19.9. The minimum atomic E-state index is -1.37. The van der Waals surface area contributed by atoms with Crippen molar-refractivity contribution < 1.29 is 24.5 Å². The van der Waals surface area contributed by atoms with Crippen LogP contribution in [0.15, 0.2) is 54.6 Å². The number of hydrogen-bond acceptors (Lipinski definition) is 5. The van der Waals surface area contributed by atoms with Crippen LogP contribution in [-0.4, -0.2) is 28.4 Å². The van der Waals surface area contributed by atoms with Gasteiger partial charge in [0.25, 0.3) is 0 Å². The molecule has 0 spiro atoms. The van der Waals surface area contributed by atoms with Crippen molar-refractivity contribution in [3.63, 3.8) is 0 Å². The molecule has 2 aromatic carbocycles. The summed E-state index contributed by atoms with van der Waals surface area (Å²) in [5.74, 6) is -1.53. The molecule has 7 heteroatoms. The van der Waals surface area contributed by atoms with Gasteiger partial charge < -0.3 is 20.1 Å². The molecule has 0 aliphatic heterocycles. The smallest absolute Gasteiger partial charge is 0.123 e. The summed E-state index contributed by atoms with van der Waals surface area (Å²) in [4.78, 5) is 12.7. The van der Waals surface area contributed by atoms with Gasteiger partial charge in [-0.3, -0.25) is 0 Å². The molecule has 0 amide bonds. The number of carboxylic acids is 1. The summed E-state index contributed by atoms with van der Waals surface area (Å²) in [6.45, 7) is 4.15. The first-order valence-electron chi connectivity index (χ1n) is 10.6. The van der Waals surface area contributed by atoms with E-state index in [1.54, 1.807) is 35.6 Å². The second-order valence-electron chi connectivity index (χ2n) is 8.14. The molecule has 174 valence electrons. The highest BCUT2D eigenvalue weighted by Gasteiger charge is 2.21. The van der Waals surface area contributed by atoms with Crippen molar-refractivity contribution in [3.05, 3.63) is 75.9 Å². The average Bonchev–Trinajstić information content (AvgIpc) is 3.12. The molecular formula is C26H25ClFO4S-. The molecule has 0 saturated carbocycles. The second-order valence-corrected chi connectivity index (χ2v) is 9.63. The molecule has 0 radical (unpaired) electrons. The molecule has 1 aromatic heterocycles. The van der Waals surface area contributed by atoms with Crippen LogP contribution in [0.1, 0.15) is 43.0 Å². The van der Waals surface area contributed by atoms with E-state index in [0.717, 1.165) is 32.0 Å². The van der Waals surface area contributed by atoms with Gasteiger partial charge >= 0.3 is 0 Å². The highest BCUT2D eigenvalue weighted by atomic mass is 35.5. The summed E-state index contributed by atoms with van der Waals surface area (Å²) < 4.78 is 13.6. The van der Waals surface area contributed by atoms with Crippen molar-refractivity contribution >= 4 is 35.0 Å². The van der Waals surface area contributed by atoms with E-state index in [2.05, 4.69) is 13.8 Å². The SMILES string of the molecule is CC(C)c1sc(-c2ccc(Cl)cc2)c(-c2ccc(F)cc2)c1/C=C/[C@@H](O)C[C@@H](O)CC(=O)[O-]. The van der Waals surface area contributed by atoms with Gasteiger partial charge in [0, 0.05) is 39.2 Å². The number of carbonyl (C=O) groups is 1. The Labute approximate surface area is 201 Å². The number of halogens is 2. The largest absolute Gasteiger partial charge is 0.550 e. The number of aliphatic hydroxyl groups excluding tert-OH is 2. The van der Waals surface area contributed by atoms with Crippen LogP contribution in [0.2, 0.25) is 5.02 Å². The minimum Gasteiger partial charge on any atom is -0.550 e. The second kappa shape index (κ2) is 11.1. The van der Waals surface area contributed by atoms with Crippen LogP contribution < -0.4 is 5.11 Å². The Hall–Kier alpha value is -2.51. The fourth-order valence-corrected chi connectivity index (χ4v) is 5.05. The topological polar surface area (TPSA) is 80.6 Å². The van der Waals surface area contributed by atoms with Crippen molar-refractivity contribution in [2.24, 2.45) is 0 Å². The zero-order chi connectivity index (χ0) is 24.1. The first-order valence-corrected chi connectivity index (χ1v) is 11.8. The molecule has 2 N–H and O–H groups in total. The van der Waals surface area contributed by atoms with Crippen LogP contribution in [-0.2, 0) is 4.79 Å². The Morgan fingerprint density at radius 1 is 1.09 bits per heavy atom. The van der Waals surface area contributed by atoms with Gasteiger partial charge in [0.05, 0.1) is 12.2 Å². The van der Waals surface area contributed by atoms with Crippen LogP contribution in [0.25, 0.3) is 27.6 Å². The van der Waals surface area contributed by atoms with Gasteiger partial charge in [0.15, 0.2) is 0 Å². The molecule has 2 atom stereocenters. The lowest BCUT2D eigenvalue weighted by atomic mass is 9.94. The number of rotatable bonds is 9. The zero-order valence-electron chi connectivity index (χ0n) is 18.3. The Balaban J connectivity index is 2.10. The summed E-state index contributed by atoms with van der Waals surface area (Å²) in [5, 5.41) is 31.5. The van der Waals surface area contributed by atoms with Gasteiger partial charge in [0.2, 0.25) is 0 Å². The lowest BCUT2D eigenvalue weighted by molar-refractivity contribution is -0.307. The number of aliphatic carboxylic acids is 1. The maximum absolute atomic E-state index is 13.6. The lowest BCUT2D eigenvalue weighted by Crippen LogP contribution is -2.29. The normalized spacial score (nSPS) is 13.5. The number of hydrogen-bond donors (Lipinski definition) is 2. The van der Waals surface area contributed by atoms with Crippen molar-refractivity contribution in [1.29, 1.82) is 0 Å². The van der Waals surface area contributed by atoms with E-state index < -0.39 is 24.6 Å². The van der Waals surface area contributed by atoms with E-state index in [4.69, 9.17) is 11.6 Å². The van der Waals surface area contributed by atoms with E-state index in [1.165, 1.54) is 12.1 Å². The van der Waals surface area contributed by atoms with E-state index in [-0.39, 0.29) is 18.2 Å². The average molecular weight is 488 g/mol. The van der Waals surface area contributed by atoms with Crippen LogP contribution in [0, 0.1) is 5.82 Å². The number of benzene rings is 2. The van der Waals surface area contributed by atoms with E-state index >= 15 is 0 Å². The Bertz CT molecular complexity index is 1120. The maximum Gasteiger partial charge on any atom is 0.123 e. The van der Waals surface area contributed by atoms with Crippen LogP contribution >= 0.6 is 22.9 Å². The van der Waals surface area contributed by atoms with Crippen LogP contribution in [0.4, 0.5) is 4.39 Å². The molecule has 0 aliphatic carbocycles. The van der Waals surface area contributed by atoms with Crippen molar-refractivity contribution in [1.82, 2.24) is 0 Å². The first-order chi connectivity index (χ1) is 15.7. The molecule has 3 aromatic rings. The van der Waals surface area contributed by atoms with E-state index in [1.807, 2.05) is 24.3 Å². The summed E-state index contributed by atoms with van der Waals surface area (Å²) in [7, 11) is 0. The Morgan fingerprint density at radius 2 is 1.70 bits per heavy atom.